The molecule has 0 saturated heterocycles. The van der Waals surface area contributed by atoms with Crippen LogP contribution in [0.2, 0.25) is 0 Å². The number of anilines is 1. The summed E-state index contributed by atoms with van der Waals surface area (Å²) in [7, 11) is -3.08. The Morgan fingerprint density at radius 3 is 2.62 bits per heavy atom. The van der Waals surface area contributed by atoms with Crippen molar-refractivity contribution in [3.05, 3.63) is 66.1 Å². The third-order valence-electron chi connectivity index (χ3n) is 6.14. The molecule has 11 heteroatoms. The number of hydrogen-bond donors (Lipinski definition) is 1. The first-order chi connectivity index (χ1) is 17.8. The van der Waals surface area contributed by atoms with Crippen LogP contribution in [0.3, 0.4) is 0 Å². The number of aromatic nitrogens is 4. The normalized spacial score (nSPS) is 14.2. The molecule has 4 aromatic rings. The lowest BCUT2D eigenvalue weighted by atomic mass is 9.90. The minimum atomic E-state index is -4.41. The van der Waals surface area contributed by atoms with E-state index in [-0.39, 0.29) is 11.6 Å². The summed E-state index contributed by atoms with van der Waals surface area (Å²) in [6.45, 7) is 0. The second-order valence-electron chi connectivity index (χ2n) is 8.70. The number of nitrogens with zero attached hydrogens (tertiary/aromatic N) is 4. The third-order valence-corrected chi connectivity index (χ3v) is 7.54. The minimum absolute atomic E-state index is 0.0300. The fourth-order valence-corrected chi connectivity index (χ4v) is 5.36. The summed E-state index contributed by atoms with van der Waals surface area (Å²) in [5.74, 6) is 4.78. The van der Waals surface area contributed by atoms with Crippen molar-refractivity contribution in [2.24, 2.45) is 5.92 Å². The van der Waals surface area contributed by atoms with E-state index in [4.69, 9.17) is 4.74 Å². The molecule has 0 bridgehead atoms. The molecular formula is C26H23F2N5O3S. The average molecular weight is 524 g/mol. The van der Waals surface area contributed by atoms with Crippen LogP contribution in [0.1, 0.15) is 37.8 Å². The summed E-state index contributed by atoms with van der Waals surface area (Å²) in [5.41, 5.74) is 2.19. The molecule has 0 radical (unpaired) electrons. The van der Waals surface area contributed by atoms with Crippen molar-refractivity contribution < 1.29 is 21.9 Å². The Morgan fingerprint density at radius 1 is 1.05 bits per heavy atom. The largest absolute Gasteiger partial charge is 0.480 e. The Balaban J connectivity index is 1.49. The number of sulfonamides is 1. The van der Waals surface area contributed by atoms with Crippen molar-refractivity contribution in [1.29, 1.82) is 0 Å². The van der Waals surface area contributed by atoms with E-state index in [2.05, 4.69) is 31.6 Å². The van der Waals surface area contributed by atoms with Gasteiger partial charge in [0, 0.05) is 23.7 Å². The SMILES string of the molecule is COc1ncc(-c2ccc3ncc(C#CC4CCCCC4)n3n2)cc1NS(=O)(=O)c1ccc(F)cc1F. The molecule has 1 saturated carbocycles. The van der Waals surface area contributed by atoms with Gasteiger partial charge in [-0.25, -0.2) is 31.7 Å². The summed E-state index contributed by atoms with van der Waals surface area (Å²) < 4.78 is 62.2. The number of hydrogen-bond acceptors (Lipinski definition) is 6. The van der Waals surface area contributed by atoms with Crippen LogP contribution in [-0.4, -0.2) is 35.1 Å². The molecule has 0 aliphatic heterocycles. The lowest BCUT2D eigenvalue weighted by Gasteiger charge is -2.15. The number of imidazole rings is 1. The van der Waals surface area contributed by atoms with Gasteiger partial charge >= 0.3 is 0 Å². The maximum Gasteiger partial charge on any atom is 0.264 e. The highest BCUT2D eigenvalue weighted by atomic mass is 32.2. The summed E-state index contributed by atoms with van der Waals surface area (Å²) in [5, 5.41) is 4.64. The van der Waals surface area contributed by atoms with Crippen LogP contribution in [0.5, 0.6) is 5.88 Å². The monoisotopic (exact) mass is 523 g/mol. The number of benzene rings is 1. The number of nitrogens with one attached hydrogen (secondary N) is 1. The molecule has 1 aliphatic rings. The van der Waals surface area contributed by atoms with Gasteiger partial charge in [-0.2, -0.15) is 5.10 Å². The third kappa shape index (κ3) is 5.24. The van der Waals surface area contributed by atoms with Crippen molar-refractivity contribution in [2.75, 3.05) is 11.8 Å². The van der Waals surface area contributed by atoms with Gasteiger partial charge in [0.2, 0.25) is 5.88 Å². The quantitative estimate of drug-likeness (QED) is 0.377. The van der Waals surface area contributed by atoms with E-state index in [9.17, 15) is 17.2 Å². The molecule has 5 rings (SSSR count). The molecular weight excluding hydrogens is 500 g/mol. The lowest BCUT2D eigenvalue weighted by Crippen LogP contribution is -2.16. The zero-order valence-electron chi connectivity index (χ0n) is 19.9. The number of fused-ring (bicyclic) bond motifs is 1. The number of halogens is 2. The van der Waals surface area contributed by atoms with E-state index >= 15 is 0 Å². The summed E-state index contributed by atoms with van der Waals surface area (Å²) >= 11 is 0. The Labute approximate surface area is 212 Å². The number of rotatable bonds is 5. The maximum absolute atomic E-state index is 14.2. The molecule has 37 heavy (non-hydrogen) atoms. The first kappa shape index (κ1) is 24.6. The molecule has 1 fully saturated rings. The van der Waals surface area contributed by atoms with Crippen LogP contribution in [0.15, 0.2) is 53.7 Å². The van der Waals surface area contributed by atoms with Gasteiger partial charge in [-0.05, 0) is 49.1 Å². The van der Waals surface area contributed by atoms with E-state index < -0.39 is 26.6 Å². The standard InChI is InChI=1S/C26H23F2N5O3S/c1-36-26-23(32-37(34,35)24-11-8-19(27)14-21(24)28)13-18(15-30-26)22-10-12-25-29-16-20(33(25)31-22)9-7-17-5-3-2-4-6-17/h8,10-17,32H,2-6H2,1H3. The Bertz CT molecular complexity index is 1640. The molecule has 3 heterocycles. The van der Waals surface area contributed by atoms with Gasteiger partial charge in [0.1, 0.15) is 27.9 Å². The molecule has 0 atom stereocenters. The highest BCUT2D eigenvalue weighted by Gasteiger charge is 2.22. The Morgan fingerprint density at radius 2 is 1.86 bits per heavy atom. The van der Waals surface area contributed by atoms with E-state index in [0.717, 1.165) is 25.0 Å². The zero-order valence-corrected chi connectivity index (χ0v) is 20.7. The number of methoxy groups -OCH3 is 1. The van der Waals surface area contributed by atoms with Crippen molar-refractivity contribution in [3.8, 4) is 29.0 Å². The molecule has 0 spiro atoms. The highest BCUT2D eigenvalue weighted by molar-refractivity contribution is 7.92. The molecule has 1 aromatic carbocycles. The molecule has 8 nitrogen and oxygen atoms in total. The summed E-state index contributed by atoms with van der Waals surface area (Å²) in [6, 6.07) is 7.19. The fraction of sp³-hybridized carbons (Fsp3) is 0.269. The van der Waals surface area contributed by atoms with Crippen LogP contribution in [0, 0.1) is 29.4 Å². The fourth-order valence-electron chi connectivity index (χ4n) is 4.26. The van der Waals surface area contributed by atoms with Gasteiger partial charge < -0.3 is 4.74 Å². The first-order valence-corrected chi connectivity index (χ1v) is 13.2. The van der Waals surface area contributed by atoms with Crippen molar-refractivity contribution in [3.63, 3.8) is 0 Å². The van der Waals surface area contributed by atoms with Crippen LogP contribution in [-0.2, 0) is 10.0 Å². The molecule has 1 N–H and O–H groups in total. The van der Waals surface area contributed by atoms with Gasteiger partial charge in [0.05, 0.1) is 19.0 Å². The van der Waals surface area contributed by atoms with E-state index in [1.54, 1.807) is 22.8 Å². The van der Waals surface area contributed by atoms with Gasteiger partial charge in [0.15, 0.2) is 5.65 Å². The maximum atomic E-state index is 14.2. The Hall–Kier alpha value is -4.04. The Kier molecular flexibility index (Phi) is 6.76. The minimum Gasteiger partial charge on any atom is -0.480 e. The number of pyridine rings is 1. The number of ether oxygens (including phenoxy) is 1. The highest BCUT2D eigenvalue weighted by Crippen LogP contribution is 2.30. The van der Waals surface area contributed by atoms with E-state index in [0.29, 0.717) is 34.6 Å². The second kappa shape index (κ2) is 10.1. The van der Waals surface area contributed by atoms with Crippen molar-refractivity contribution in [2.45, 2.75) is 37.0 Å². The summed E-state index contributed by atoms with van der Waals surface area (Å²) in [4.78, 5) is 7.84. The van der Waals surface area contributed by atoms with Crippen molar-refractivity contribution >= 4 is 21.4 Å². The van der Waals surface area contributed by atoms with Gasteiger partial charge in [0.25, 0.3) is 10.0 Å². The lowest BCUT2D eigenvalue weighted by molar-refractivity contribution is 0.400. The summed E-state index contributed by atoms with van der Waals surface area (Å²) in [6.07, 6.45) is 8.99. The van der Waals surface area contributed by atoms with Crippen LogP contribution in [0.25, 0.3) is 16.9 Å². The molecule has 0 unspecified atom stereocenters. The van der Waals surface area contributed by atoms with Gasteiger partial charge in [-0.1, -0.05) is 25.2 Å². The van der Waals surface area contributed by atoms with E-state index in [1.165, 1.54) is 38.6 Å². The smallest absolute Gasteiger partial charge is 0.264 e. The van der Waals surface area contributed by atoms with Crippen LogP contribution < -0.4 is 9.46 Å². The van der Waals surface area contributed by atoms with E-state index in [1.807, 2.05) is 0 Å². The van der Waals surface area contributed by atoms with Gasteiger partial charge in [-0.3, -0.25) is 4.72 Å². The second-order valence-corrected chi connectivity index (χ2v) is 10.3. The molecule has 3 aromatic heterocycles. The van der Waals surface area contributed by atoms with Crippen LogP contribution >= 0.6 is 0 Å². The van der Waals surface area contributed by atoms with Gasteiger partial charge in [-0.15, -0.1) is 0 Å². The zero-order chi connectivity index (χ0) is 26.0. The topological polar surface area (TPSA) is 98.5 Å². The first-order valence-electron chi connectivity index (χ1n) is 11.7. The molecule has 190 valence electrons. The van der Waals surface area contributed by atoms with Crippen LogP contribution in [0.4, 0.5) is 14.5 Å². The molecule has 1 aliphatic carbocycles. The average Bonchev–Trinajstić information content (AvgIpc) is 3.30. The predicted octanol–water partition coefficient (Wildman–Crippen LogP) is 4.81. The molecule has 0 amide bonds. The van der Waals surface area contributed by atoms with Crippen molar-refractivity contribution in [1.82, 2.24) is 19.6 Å². The predicted molar refractivity (Wildman–Crippen MR) is 133 cm³/mol.